The Balaban J connectivity index is 0.000000183. The number of phenolic OH excluding ortho intramolecular Hbond substituents is 1. The summed E-state index contributed by atoms with van der Waals surface area (Å²) < 4.78 is 18.9. The quantitative estimate of drug-likeness (QED) is 0.303. The maximum absolute atomic E-state index is 14.1. The number of hydrogen-bond donors (Lipinski definition) is 5. The van der Waals surface area contributed by atoms with Gasteiger partial charge in [-0.3, -0.25) is 19.2 Å². The molecule has 1 saturated heterocycles. The molecule has 0 aromatic heterocycles. The van der Waals surface area contributed by atoms with Gasteiger partial charge in [-0.1, -0.05) is 12.1 Å². The number of carbonyl (C=O) groups excluding carboxylic acids is 4. The van der Waals surface area contributed by atoms with E-state index in [0.717, 1.165) is 30.8 Å². The molecule has 0 bridgehead atoms. The van der Waals surface area contributed by atoms with Crippen LogP contribution in [0.15, 0.2) is 54.6 Å². The van der Waals surface area contributed by atoms with E-state index in [2.05, 4.69) is 16.0 Å². The van der Waals surface area contributed by atoms with E-state index in [1.807, 2.05) is 0 Å². The number of primary amides is 1. The molecule has 2 aliphatic rings. The van der Waals surface area contributed by atoms with E-state index in [-0.39, 0.29) is 34.7 Å². The van der Waals surface area contributed by atoms with Crippen LogP contribution in [-0.2, 0) is 11.2 Å². The number of nitrogens with one attached hydrogen (secondary N) is 3. The van der Waals surface area contributed by atoms with Crippen LogP contribution in [0.2, 0.25) is 0 Å². The highest BCUT2D eigenvalue weighted by molar-refractivity contribution is 6.11. The number of anilines is 1. The van der Waals surface area contributed by atoms with Gasteiger partial charge in [0.25, 0.3) is 5.91 Å². The van der Waals surface area contributed by atoms with Crippen LogP contribution in [0.1, 0.15) is 48.6 Å². The molecule has 3 aromatic carbocycles. The lowest BCUT2D eigenvalue weighted by Gasteiger charge is -2.11. The SMILES string of the molecule is COc1ccc(O)c(C(=O)c2ccc(C(N)=O)cc2)c1F.O=C1Cc2cc(C(=O)N[C@H]3CCNC3)ccc2N1. The Bertz CT molecular complexity index is 1430. The highest BCUT2D eigenvalue weighted by Gasteiger charge is 2.23. The number of phenols is 1. The minimum atomic E-state index is -0.943. The predicted molar refractivity (Wildman–Crippen MR) is 141 cm³/mol. The molecule has 0 saturated carbocycles. The summed E-state index contributed by atoms with van der Waals surface area (Å²) in [6, 6.07) is 13.3. The van der Waals surface area contributed by atoms with Crippen LogP contribution in [-0.4, -0.2) is 54.9 Å². The van der Waals surface area contributed by atoms with Crippen LogP contribution in [0.25, 0.3) is 0 Å². The summed E-state index contributed by atoms with van der Waals surface area (Å²) in [7, 11) is 1.26. The number of rotatable bonds is 6. The molecule has 6 N–H and O–H groups in total. The Kier molecular flexibility index (Phi) is 8.21. The molecule has 0 aliphatic carbocycles. The summed E-state index contributed by atoms with van der Waals surface area (Å²) in [6.07, 6.45) is 1.33. The van der Waals surface area contributed by atoms with E-state index in [4.69, 9.17) is 10.5 Å². The molecule has 39 heavy (non-hydrogen) atoms. The minimum Gasteiger partial charge on any atom is -0.507 e. The second-order valence-corrected chi connectivity index (χ2v) is 9.01. The lowest BCUT2D eigenvalue weighted by atomic mass is 10.00. The fourth-order valence-corrected chi connectivity index (χ4v) is 4.27. The molecule has 0 spiro atoms. The van der Waals surface area contributed by atoms with Crippen LogP contribution in [0, 0.1) is 5.82 Å². The maximum atomic E-state index is 14.1. The fourth-order valence-electron chi connectivity index (χ4n) is 4.27. The average molecular weight is 535 g/mol. The second kappa shape index (κ2) is 11.7. The van der Waals surface area contributed by atoms with Gasteiger partial charge in [-0.15, -0.1) is 0 Å². The maximum Gasteiger partial charge on any atom is 0.251 e. The molecule has 0 unspecified atom stereocenters. The lowest BCUT2D eigenvalue weighted by molar-refractivity contribution is -0.115. The van der Waals surface area contributed by atoms with Gasteiger partial charge < -0.3 is 31.5 Å². The van der Waals surface area contributed by atoms with Crippen molar-refractivity contribution < 1.29 is 33.4 Å². The molecular formula is C28H27FN4O6. The van der Waals surface area contributed by atoms with Gasteiger partial charge in [0.05, 0.1) is 13.5 Å². The van der Waals surface area contributed by atoms with Crippen LogP contribution in [0.4, 0.5) is 10.1 Å². The van der Waals surface area contributed by atoms with E-state index < -0.39 is 28.8 Å². The smallest absolute Gasteiger partial charge is 0.251 e. The number of benzene rings is 3. The summed E-state index contributed by atoms with van der Waals surface area (Å²) in [6.45, 7) is 1.78. The number of nitrogens with two attached hydrogens (primary N) is 1. The van der Waals surface area contributed by atoms with Gasteiger partial charge in [-0.05, 0) is 61.0 Å². The van der Waals surface area contributed by atoms with Gasteiger partial charge in [0.1, 0.15) is 11.3 Å². The van der Waals surface area contributed by atoms with Crippen molar-refractivity contribution in [2.45, 2.75) is 18.9 Å². The van der Waals surface area contributed by atoms with Gasteiger partial charge in [0.15, 0.2) is 17.3 Å². The Morgan fingerprint density at radius 3 is 2.38 bits per heavy atom. The molecular weight excluding hydrogens is 507 g/mol. The van der Waals surface area contributed by atoms with Crippen LogP contribution >= 0.6 is 0 Å². The van der Waals surface area contributed by atoms with Crippen molar-refractivity contribution in [1.29, 1.82) is 0 Å². The minimum absolute atomic E-state index is 0.0115. The average Bonchev–Trinajstić information content (AvgIpc) is 3.57. The Morgan fingerprint density at radius 1 is 1.05 bits per heavy atom. The van der Waals surface area contributed by atoms with E-state index in [1.165, 1.54) is 43.5 Å². The molecule has 0 radical (unpaired) electrons. The number of fused-ring (bicyclic) bond motifs is 1. The molecule has 2 aliphatic heterocycles. The van der Waals surface area contributed by atoms with E-state index in [1.54, 1.807) is 18.2 Å². The summed E-state index contributed by atoms with van der Waals surface area (Å²) >= 11 is 0. The van der Waals surface area contributed by atoms with Gasteiger partial charge >= 0.3 is 0 Å². The number of aromatic hydroxyl groups is 1. The topological polar surface area (TPSA) is 160 Å². The summed E-state index contributed by atoms with van der Waals surface area (Å²) in [5.74, 6) is -3.01. The van der Waals surface area contributed by atoms with Crippen molar-refractivity contribution in [3.63, 3.8) is 0 Å². The normalized spacial score (nSPS) is 15.4. The molecule has 1 atom stereocenters. The molecule has 5 rings (SSSR count). The molecule has 2 heterocycles. The van der Waals surface area contributed by atoms with Crippen molar-refractivity contribution >= 4 is 29.2 Å². The van der Waals surface area contributed by atoms with Crippen molar-refractivity contribution in [3.05, 3.63) is 88.2 Å². The van der Waals surface area contributed by atoms with E-state index in [0.29, 0.717) is 12.0 Å². The summed E-state index contributed by atoms with van der Waals surface area (Å²) in [5.41, 5.74) is 7.29. The molecule has 10 nitrogen and oxygen atoms in total. The Morgan fingerprint density at radius 2 is 1.74 bits per heavy atom. The van der Waals surface area contributed by atoms with Gasteiger partial charge in [0, 0.05) is 35.0 Å². The second-order valence-electron chi connectivity index (χ2n) is 9.01. The number of ketones is 1. The highest BCUT2D eigenvalue weighted by Crippen LogP contribution is 2.30. The third-order valence-electron chi connectivity index (χ3n) is 6.35. The van der Waals surface area contributed by atoms with Crippen LogP contribution < -0.4 is 26.4 Å². The first-order chi connectivity index (χ1) is 18.7. The van der Waals surface area contributed by atoms with Crippen molar-refractivity contribution in [1.82, 2.24) is 10.6 Å². The summed E-state index contributed by atoms with van der Waals surface area (Å²) in [5, 5.41) is 18.6. The molecule has 11 heteroatoms. The monoisotopic (exact) mass is 534 g/mol. The Labute approximate surface area is 223 Å². The van der Waals surface area contributed by atoms with Crippen molar-refractivity contribution in [2.24, 2.45) is 5.73 Å². The van der Waals surface area contributed by atoms with Crippen LogP contribution in [0.5, 0.6) is 11.5 Å². The largest absolute Gasteiger partial charge is 0.507 e. The number of amides is 3. The standard InChI is InChI=1S/C15H12FNO4.C13H15N3O2/c1-21-11-7-6-10(18)12(13(11)16)14(19)8-2-4-9(5-3-8)15(17)20;17-12-6-9-5-8(1-2-11(9)16-12)13(18)15-10-3-4-14-7-10/h2-7,18H,1H3,(H2,17,20);1-2,5,10,14H,3-4,6-7H2,(H,15,18)(H,16,17)/t;10-/m.0/s1. The number of hydrogen-bond acceptors (Lipinski definition) is 7. The number of methoxy groups -OCH3 is 1. The third-order valence-corrected chi connectivity index (χ3v) is 6.35. The highest BCUT2D eigenvalue weighted by atomic mass is 19.1. The number of carbonyl (C=O) groups is 4. The third kappa shape index (κ3) is 6.21. The van der Waals surface area contributed by atoms with E-state index >= 15 is 0 Å². The first-order valence-corrected chi connectivity index (χ1v) is 12.1. The molecule has 3 amide bonds. The van der Waals surface area contributed by atoms with Gasteiger partial charge in [-0.2, -0.15) is 0 Å². The zero-order valence-electron chi connectivity index (χ0n) is 21.0. The first-order valence-electron chi connectivity index (χ1n) is 12.1. The van der Waals surface area contributed by atoms with Crippen molar-refractivity contribution in [2.75, 3.05) is 25.5 Å². The molecule has 3 aromatic rings. The van der Waals surface area contributed by atoms with E-state index in [9.17, 15) is 28.7 Å². The number of ether oxygens (including phenoxy) is 1. The first kappa shape index (κ1) is 27.3. The van der Waals surface area contributed by atoms with Gasteiger partial charge in [-0.25, -0.2) is 4.39 Å². The fraction of sp³-hybridized carbons (Fsp3) is 0.214. The zero-order valence-corrected chi connectivity index (χ0v) is 21.0. The summed E-state index contributed by atoms with van der Waals surface area (Å²) in [4.78, 5) is 46.5. The zero-order chi connectivity index (χ0) is 28.1. The molecule has 202 valence electrons. The van der Waals surface area contributed by atoms with Gasteiger partial charge in [0.2, 0.25) is 11.8 Å². The Hall–Kier alpha value is -4.77. The number of halogens is 1. The predicted octanol–water partition coefficient (Wildman–Crippen LogP) is 2.14. The lowest BCUT2D eigenvalue weighted by Crippen LogP contribution is -2.36. The van der Waals surface area contributed by atoms with Crippen LogP contribution in [0.3, 0.4) is 0 Å². The van der Waals surface area contributed by atoms with Crippen molar-refractivity contribution in [3.8, 4) is 11.5 Å². The molecule has 1 fully saturated rings.